The molecule has 0 amide bonds. The summed E-state index contributed by atoms with van der Waals surface area (Å²) >= 11 is 0. The molecule has 0 bridgehead atoms. The summed E-state index contributed by atoms with van der Waals surface area (Å²) in [6.07, 6.45) is 2.39. The van der Waals surface area contributed by atoms with Gasteiger partial charge in [0, 0.05) is 0 Å². The van der Waals surface area contributed by atoms with Gasteiger partial charge >= 0.3 is 0 Å². The highest BCUT2D eigenvalue weighted by molar-refractivity contribution is 4.90. The summed E-state index contributed by atoms with van der Waals surface area (Å²) in [5.41, 5.74) is -0.0630. The van der Waals surface area contributed by atoms with E-state index in [1.165, 1.54) is 0 Å². The Kier molecular flexibility index (Phi) is 3.38. The summed E-state index contributed by atoms with van der Waals surface area (Å²) in [5, 5.41) is 0. The molecule has 1 unspecified atom stereocenters. The zero-order valence-corrected chi connectivity index (χ0v) is 8.66. The van der Waals surface area contributed by atoms with Crippen LogP contribution in [-0.2, 0) is 18.9 Å². The first-order valence-electron chi connectivity index (χ1n) is 5.22. The highest BCUT2D eigenvalue weighted by Crippen LogP contribution is 2.34. The van der Waals surface area contributed by atoms with Crippen LogP contribution < -0.4 is 0 Å². The first-order chi connectivity index (χ1) is 6.87. The molecule has 1 atom stereocenters. The molecule has 2 rings (SSSR count). The van der Waals surface area contributed by atoms with Crippen LogP contribution in [0.5, 0.6) is 0 Å². The van der Waals surface area contributed by atoms with Crippen molar-refractivity contribution in [2.75, 3.05) is 33.4 Å². The van der Waals surface area contributed by atoms with Crippen LogP contribution in [0, 0.1) is 5.41 Å². The molecule has 0 aromatic rings. The predicted molar refractivity (Wildman–Crippen MR) is 49.8 cm³/mol. The van der Waals surface area contributed by atoms with Gasteiger partial charge in [0.1, 0.15) is 13.6 Å². The zero-order chi connectivity index (χ0) is 9.86. The van der Waals surface area contributed by atoms with E-state index < -0.39 is 0 Å². The lowest BCUT2D eigenvalue weighted by molar-refractivity contribution is -0.277. The van der Waals surface area contributed by atoms with Gasteiger partial charge in [-0.25, -0.2) is 0 Å². The molecule has 0 radical (unpaired) electrons. The van der Waals surface area contributed by atoms with Crippen molar-refractivity contribution in [3.8, 4) is 0 Å². The summed E-state index contributed by atoms with van der Waals surface area (Å²) < 4.78 is 21.7. The second-order valence-corrected chi connectivity index (χ2v) is 4.09. The third kappa shape index (κ3) is 1.93. The van der Waals surface area contributed by atoms with Crippen molar-refractivity contribution in [1.82, 2.24) is 0 Å². The largest absolute Gasteiger partial charge is 0.355 e. The molecule has 2 aliphatic heterocycles. The molecule has 1 spiro atoms. The van der Waals surface area contributed by atoms with E-state index in [4.69, 9.17) is 18.9 Å². The predicted octanol–water partition coefficient (Wildman–Crippen LogP) is 1.15. The summed E-state index contributed by atoms with van der Waals surface area (Å²) in [6, 6.07) is 0. The lowest BCUT2D eigenvalue weighted by Crippen LogP contribution is -2.54. The van der Waals surface area contributed by atoms with Crippen molar-refractivity contribution in [3.63, 3.8) is 0 Å². The van der Waals surface area contributed by atoms with E-state index >= 15 is 0 Å². The molecule has 82 valence electrons. The maximum Gasteiger partial charge on any atom is 0.147 e. The molecule has 0 N–H and O–H groups in total. The minimum atomic E-state index is -0.0630. The molecule has 14 heavy (non-hydrogen) atoms. The third-order valence-electron chi connectivity index (χ3n) is 2.92. The number of ether oxygens (including phenoxy) is 4. The van der Waals surface area contributed by atoms with Gasteiger partial charge < -0.3 is 18.9 Å². The van der Waals surface area contributed by atoms with Crippen LogP contribution in [0.15, 0.2) is 0 Å². The van der Waals surface area contributed by atoms with Crippen molar-refractivity contribution >= 4 is 0 Å². The van der Waals surface area contributed by atoms with Gasteiger partial charge in [0.05, 0.1) is 31.3 Å². The first kappa shape index (κ1) is 10.4. The molecular weight excluding hydrogens is 184 g/mol. The van der Waals surface area contributed by atoms with Crippen LogP contribution in [0.2, 0.25) is 0 Å². The Bertz CT molecular complexity index is 167. The Morgan fingerprint density at radius 1 is 1.07 bits per heavy atom. The van der Waals surface area contributed by atoms with Crippen molar-refractivity contribution in [2.24, 2.45) is 5.41 Å². The Morgan fingerprint density at radius 3 is 2.36 bits per heavy atom. The van der Waals surface area contributed by atoms with Gasteiger partial charge in [-0.2, -0.15) is 0 Å². The van der Waals surface area contributed by atoms with Crippen LogP contribution in [-0.4, -0.2) is 39.5 Å². The molecule has 2 aliphatic rings. The number of hydrogen-bond acceptors (Lipinski definition) is 4. The molecule has 2 fully saturated rings. The third-order valence-corrected chi connectivity index (χ3v) is 2.92. The van der Waals surface area contributed by atoms with Gasteiger partial charge in [0.25, 0.3) is 0 Å². The van der Waals surface area contributed by atoms with Crippen molar-refractivity contribution in [3.05, 3.63) is 0 Å². The maximum absolute atomic E-state index is 5.63. The molecule has 4 nitrogen and oxygen atoms in total. The van der Waals surface area contributed by atoms with Crippen molar-refractivity contribution in [1.29, 1.82) is 0 Å². The van der Waals surface area contributed by atoms with Crippen molar-refractivity contribution in [2.45, 2.75) is 25.9 Å². The Balaban J connectivity index is 2.02. The number of hydrogen-bond donors (Lipinski definition) is 0. The highest BCUT2D eigenvalue weighted by atomic mass is 16.7. The van der Waals surface area contributed by atoms with Gasteiger partial charge in [0.15, 0.2) is 0 Å². The molecule has 0 aliphatic carbocycles. The fraction of sp³-hybridized carbons (Fsp3) is 1.00. The summed E-state index contributed by atoms with van der Waals surface area (Å²) in [7, 11) is 0. The quantitative estimate of drug-likeness (QED) is 0.673. The number of rotatable bonds is 2. The molecule has 0 aromatic heterocycles. The van der Waals surface area contributed by atoms with Gasteiger partial charge in [-0.1, -0.05) is 13.3 Å². The maximum atomic E-state index is 5.63. The molecule has 0 aromatic carbocycles. The molecule has 4 heteroatoms. The topological polar surface area (TPSA) is 36.9 Å². The molecule has 2 heterocycles. The van der Waals surface area contributed by atoms with E-state index in [0.717, 1.165) is 12.8 Å². The minimum absolute atomic E-state index is 0.0630. The van der Waals surface area contributed by atoms with E-state index in [2.05, 4.69) is 6.92 Å². The van der Waals surface area contributed by atoms with Crippen LogP contribution in [0.4, 0.5) is 0 Å². The minimum Gasteiger partial charge on any atom is -0.355 e. The van der Waals surface area contributed by atoms with E-state index in [1.807, 2.05) is 0 Å². The zero-order valence-electron chi connectivity index (χ0n) is 8.66. The smallest absolute Gasteiger partial charge is 0.147 e. The van der Waals surface area contributed by atoms with Gasteiger partial charge in [-0.15, -0.1) is 0 Å². The first-order valence-corrected chi connectivity index (χ1v) is 5.22. The average Bonchev–Trinajstić information content (AvgIpc) is 2.23. The van der Waals surface area contributed by atoms with Crippen LogP contribution in [0.1, 0.15) is 19.8 Å². The van der Waals surface area contributed by atoms with E-state index in [1.54, 1.807) is 0 Å². The molecule has 0 saturated carbocycles. The van der Waals surface area contributed by atoms with Gasteiger partial charge in [-0.05, 0) is 6.42 Å². The van der Waals surface area contributed by atoms with Crippen LogP contribution in [0.25, 0.3) is 0 Å². The Hall–Kier alpha value is -0.160. The fourth-order valence-electron chi connectivity index (χ4n) is 2.16. The second kappa shape index (κ2) is 4.57. The van der Waals surface area contributed by atoms with Gasteiger partial charge in [0.2, 0.25) is 0 Å². The second-order valence-electron chi connectivity index (χ2n) is 4.09. The lowest BCUT2D eigenvalue weighted by Gasteiger charge is -2.44. The summed E-state index contributed by atoms with van der Waals surface area (Å²) in [4.78, 5) is 0. The standard InChI is InChI=1S/C10H18O4/c1-2-3-9-10(6-13-8-14-9)4-11-7-12-5-10/h9H,2-8H2,1H3. The SMILES string of the molecule is CCCC1OCOCC12COCOC2. The highest BCUT2D eigenvalue weighted by Gasteiger charge is 2.44. The Morgan fingerprint density at radius 2 is 1.71 bits per heavy atom. The van der Waals surface area contributed by atoms with Gasteiger partial charge in [-0.3, -0.25) is 0 Å². The summed E-state index contributed by atoms with van der Waals surface area (Å²) in [5.74, 6) is 0. The normalized spacial score (nSPS) is 31.9. The van der Waals surface area contributed by atoms with E-state index in [-0.39, 0.29) is 11.5 Å². The molecular formula is C10H18O4. The van der Waals surface area contributed by atoms with Crippen molar-refractivity contribution < 1.29 is 18.9 Å². The fourth-order valence-corrected chi connectivity index (χ4v) is 2.16. The Labute approximate surface area is 84.5 Å². The summed E-state index contributed by atoms with van der Waals surface area (Å²) in [6.45, 7) is 5.05. The lowest BCUT2D eigenvalue weighted by atomic mass is 9.81. The average molecular weight is 202 g/mol. The van der Waals surface area contributed by atoms with E-state index in [9.17, 15) is 0 Å². The monoisotopic (exact) mass is 202 g/mol. The molecule has 2 saturated heterocycles. The van der Waals surface area contributed by atoms with Crippen LogP contribution >= 0.6 is 0 Å². The van der Waals surface area contributed by atoms with Crippen LogP contribution in [0.3, 0.4) is 0 Å². The van der Waals surface area contributed by atoms with E-state index in [0.29, 0.717) is 33.4 Å².